The van der Waals surface area contributed by atoms with Gasteiger partial charge in [-0.05, 0) is 55.0 Å². The fraction of sp³-hybridized carbons (Fsp3) is 0.235. The minimum absolute atomic E-state index is 0.293. The molecule has 1 N–H and O–H groups in total. The van der Waals surface area contributed by atoms with E-state index >= 15 is 0 Å². The van der Waals surface area contributed by atoms with Crippen LogP contribution in [0.4, 0.5) is 10.1 Å². The molecule has 3 aromatic rings. The molecular formula is C17H17FN4O2S. The van der Waals surface area contributed by atoms with E-state index in [1.807, 2.05) is 4.90 Å². The van der Waals surface area contributed by atoms with Gasteiger partial charge in [-0.15, -0.1) is 10.2 Å². The maximum Gasteiger partial charge on any atom is 0.283 e. The van der Waals surface area contributed by atoms with E-state index in [0.29, 0.717) is 41.4 Å². The predicted octanol–water partition coefficient (Wildman–Crippen LogP) is 4.08. The van der Waals surface area contributed by atoms with Crippen molar-refractivity contribution in [2.45, 2.75) is 19.9 Å². The maximum atomic E-state index is 13.0. The molecule has 3 rings (SSSR count). The molecule has 2 heterocycles. The highest BCUT2D eigenvalue weighted by atomic mass is 32.1. The largest absolute Gasteiger partial charge is 0.459 e. The van der Waals surface area contributed by atoms with E-state index in [4.69, 9.17) is 21.1 Å². The third kappa shape index (κ3) is 4.42. The minimum Gasteiger partial charge on any atom is -0.459 e. The molecule has 0 aliphatic heterocycles. The number of anilines is 1. The van der Waals surface area contributed by atoms with Crippen LogP contribution in [0.15, 0.2) is 51.5 Å². The second kappa shape index (κ2) is 7.89. The molecule has 130 valence electrons. The Morgan fingerprint density at radius 3 is 2.72 bits per heavy atom. The summed E-state index contributed by atoms with van der Waals surface area (Å²) in [6, 6.07) is 9.53. The first kappa shape index (κ1) is 17.1. The molecule has 0 aliphatic carbocycles. The van der Waals surface area contributed by atoms with Crippen LogP contribution in [0.3, 0.4) is 0 Å². The Labute approximate surface area is 149 Å². The number of nitrogens with zero attached hydrogens (tertiary/aromatic N) is 3. The van der Waals surface area contributed by atoms with Crippen LogP contribution in [-0.2, 0) is 6.54 Å². The summed E-state index contributed by atoms with van der Waals surface area (Å²) in [5.74, 6) is 0.989. The number of benzene rings is 1. The summed E-state index contributed by atoms with van der Waals surface area (Å²) >= 11 is 5.45. The molecular weight excluding hydrogens is 343 g/mol. The topological polar surface area (TPSA) is 67.3 Å². The van der Waals surface area contributed by atoms with Gasteiger partial charge >= 0.3 is 0 Å². The van der Waals surface area contributed by atoms with Gasteiger partial charge in [-0.3, -0.25) is 0 Å². The lowest BCUT2D eigenvalue weighted by atomic mass is 10.3. The number of thiocarbonyl (C=S) groups is 1. The monoisotopic (exact) mass is 360 g/mol. The van der Waals surface area contributed by atoms with E-state index in [2.05, 4.69) is 22.4 Å². The van der Waals surface area contributed by atoms with E-state index in [0.717, 1.165) is 6.42 Å². The molecule has 0 amide bonds. The number of furan rings is 1. The van der Waals surface area contributed by atoms with Crippen LogP contribution in [-0.4, -0.2) is 26.8 Å². The summed E-state index contributed by atoms with van der Waals surface area (Å²) in [7, 11) is 0. The van der Waals surface area contributed by atoms with Crippen LogP contribution in [0.5, 0.6) is 0 Å². The van der Waals surface area contributed by atoms with Gasteiger partial charge in [-0.2, -0.15) is 0 Å². The highest BCUT2D eigenvalue weighted by molar-refractivity contribution is 7.80. The van der Waals surface area contributed by atoms with Gasteiger partial charge in [0.2, 0.25) is 5.89 Å². The van der Waals surface area contributed by atoms with Gasteiger partial charge in [0.15, 0.2) is 10.9 Å². The Kier molecular flexibility index (Phi) is 5.39. The highest BCUT2D eigenvalue weighted by Crippen LogP contribution is 2.19. The molecule has 6 nitrogen and oxygen atoms in total. The van der Waals surface area contributed by atoms with Crippen molar-refractivity contribution in [1.82, 2.24) is 15.1 Å². The van der Waals surface area contributed by atoms with Crippen molar-refractivity contribution in [2.24, 2.45) is 0 Å². The molecule has 0 radical (unpaired) electrons. The van der Waals surface area contributed by atoms with Gasteiger partial charge in [-0.1, -0.05) is 6.92 Å². The maximum absolute atomic E-state index is 13.0. The molecule has 0 unspecified atom stereocenters. The molecule has 0 atom stereocenters. The normalized spacial score (nSPS) is 10.6. The van der Waals surface area contributed by atoms with Gasteiger partial charge in [0, 0.05) is 12.2 Å². The van der Waals surface area contributed by atoms with Crippen LogP contribution < -0.4 is 5.32 Å². The van der Waals surface area contributed by atoms with Gasteiger partial charge in [0.1, 0.15) is 5.82 Å². The van der Waals surface area contributed by atoms with Crippen molar-refractivity contribution < 1.29 is 13.2 Å². The zero-order valence-electron chi connectivity index (χ0n) is 13.6. The Hall–Kier alpha value is -2.74. The number of hydrogen-bond donors (Lipinski definition) is 1. The van der Waals surface area contributed by atoms with E-state index < -0.39 is 0 Å². The van der Waals surface area contributed by atoms with Crippen molar-refractivity contribution in [3.05, 3.63) is 54.4 Å². The SMILES string of the molecule is CCCN(Cc1nnc(-c2ccco2)o1)C(=S)Nc1ccc(F)cc1. The first-order chi connectivity index (χ1) is 12.2. The highest BCUT2D eigenvalue weighted by Gasteiger charge is 2.16. The molecule has 25 heavy (non-hydrogen) atoms. The Morgan fingerprint density at radius 2 is 2.04 bits per heavy atom. The lowest BCUT2D eigenvalue weighted by Gasteiger charge is -2.23. The summed E-state index contributed by atoms with van der Waals surface area (Å²) in [6.07, 6.45) is 2.44. The average Bonchev–Trinajstić information content (AvgIpc) is 3.27. The second-order valence-electron chi connectivity index (χ2n) is 5.34. The van der Waals surface area contributed by atoms with Gasteiger partial charge in [0.25, 0.3) is 5.89 Å². The van der Waals surface area contributed by atoms with Crippen LogP contribution in [0.1, 0.15) is 19.2 Å². The molecule has 2 aromatic heterocycles. The zero-order chi connectivity index (χ0) is 17.6. The van der Waals surface area contributed by atoms with E-state index in [1.165, 1.54) is 12.1 Å². The number of rotatable bonds is 6. The number of halogens is 1. The first-order valence-electron chi connectivity index (χ1n) is 7.83. The van der Waals surface area contributed by atoms with Crippen molar-refractivity contribution in [1.29, 1.82) is 0 Å². The molecule has 0 saturated heterocycles. The van der Waals surface area contributed by atoms with E-state index in [9.17, 15) is 4.39 Å². The first-order valence-corrected chi connectivity index (χ1v) is 8.24. The predicted molar refractivity (Wildman–Crippen MR) is 95.3 cm³/mol. The second-order valence-corrected chi connectivity index (χ2v) is 5.72. The van der Waals surface area contributed by atoms with Gasteiger partial charge < -0.3 is 19.1 Å². The molecule has 0 aliphatic rings. The molecule has 8 heteroatoms. The summed E-state index contributed by atoms with van der Waals surface area (Å²) in [4.78, 5) is 1.91. The van der Waals surface area contributed by atoms with E-state index in [-0.39, 0.29) is 5.82 Å². The van der Waals surface area contributed by atoms with E-state index in [1.54, 1.807) is 30.5 Å². The molecule has 0 bridgehead atoms. The summed E-state index contributed by atoms with van der Waals surface area (Å²) in [6.45, 7) is 3.13. The van der Waals surface area contributed by atoms with Crippen LogP contribution >= 0.6 is 12.2 Å². The molecule has 0 saturated carbocycles. The minimum atomic E-state index is -0.293. The molecule has 0 spiro atoms. The summed E-state index contributed by atoms with van der Waals surface area (Å²) in [5, 5.41) is 11.6. The fourth-order valence-electron chi connectivity index (χ4n) is 2.24. The number of nitrogens with one attached hydrogen (secondary N) is 1. The number of aromatic nitrogens is 2. The van der Waals surface area contributed by atoms with Crippen LogP contribution in [0.2, 0.25) is 0 Å². The van der Waals surface area contributed by atoms with Crippen LogP contribution in [0.25, 0.3) is 11.7 Å². The van der Waals surface area contributed by atoms with Gasteiger partial charge in [-0.25, -0.2) is 4.39 Å². The smallest absolute Gasteiger partial charge is 0.283 e. The summed E-state index contributed by atoms with van der Waals surface area (Å²) < 4.78 is 23.9. The molecule has 1 aromatic carbocycles. The lowest BCUT2D eigenvalue weighted by Crippen LogP contribution is -2.35. The third-order valence-electron chi connectivity index (χ3n) is 3.40. The quantitative estimate of drug-likeness (QED) is 0.664. The standard InChI is InChI=1S/C17H17FN4O2S/c1-2-9-22(17(25)19-13-7-5-12(18)6-8-13)11-15-20-21-16(24-15)14-4-3-10-23-14/h3-8,10H,2,9,11H2,1H3,(H,19,25). The van der Waals surface area contributed by atoms with Crippen LogP contribution in [0, 0.1) is 5.82 Å². The Morgan fingerprint density at radius 1 is 1.24 bits per heavy atom. The molecule has 0 fully saturated rings. The lowest BCUT2D eigenvalue weighted by molar-refractivity contribution is 0.357. The Bertz CT molecular complexity index is 818. The van der Waals surface area contributed by atoms with Crippen molar-refractivity contribution in [2.75, 3.05) is 11.9 Å². The zero-order valence-corrected chi connectivity index (χ0v) is 14.4. The van der Waals surface area contributed by atoms with Crippen molar-refractivity contribution in [3.63, 3.8) is 0 Å². The number of hydrogen-bond acceptors (Lipinski definition) is 5. The van der Waals surface area contributed by atoms with Gasteiger partial charge in [0.05, 0.1) is 12.8 Å². The third-order valence-corrected chi connectivity index (χ3v) is 3.76. The van der Waals surface area contributed by atoms with Crippen molar-refractivity contribution >= 4 is 23.0 Å². The van der Waals surface area contributed by atoms with Crippen molar-refractivity contribution in [3.8, 4) is 11.7 Å². The fourth-order valence-corrected chi connectivity index (χ4v) is 2.51. The summed E-state index contributed by atoms with van der Waals surface area (Å²) in [5.41, 5.74) is 0.717. The Balaban J connectivity index is 1.68. The average molecular weight is 360 g/mol.